The van der Waals surface area contributed by atoms with Crippen LogP contribution in [-0.4, -0.2) is 11.9 Å². The predicted octanol–water partition coefficient (Wildman–Crippen LogP) is 2.28. The van der Waals surface area contributed by atoms with Gasteiger partial charge in [-0.05, 0) is 61.8 Å². The Balaban J connectivity index is 0.000000558. The summed E-state index contributed by atoms with van der Waals surface area (Å²) in [6.07, 6.45) is 9.66. The van der Waals surface area contributed by atoms with Crippen LogP contribution in [-0.2, 0) is 35.3 Å². The fraction of sp³-hybridized carbons (Fsp3) is 0.533. The monoisotopic (exact) mass is 500 g/mol. The lowest BCUT2D eigenvalue weighted by Crippen LogP contribution is -2.52. The molecule has 0 aliphatic carbocycles. The van der Waals surface area contributed by atoms with E-state index in [4.69, 9.17) is 19.8 Å². The molecular formula is C30H48N2O4. The van der Waals surface area contributed by atoms with Crippen molar-refractivity contribution in [3.63, 3.8) is 0 Å². The highest BCUT2D eigenvalue weighted by atomic mass is 16.4. The van der Waals surface area contributed by atoms with Crippen molar-refractivity contribution in [2.24, 2.45) is 0 Å². The summed E-state index contributed by atoms with van der Waals surface area (Å²) in [6.45, 7) is 13.3. The SMILES string of the molecule is CCCc1ccc(C(C)[NH3+])c(CCC)c1.CCCc1ccc(C(C)[NH3+])c(CCC)c1.O=C([O-])C(=O)[O-]. The van der Waals surface area contributed by atoms with Gasteiger partial charge in [0.05, 0.1) is 11.9 Å². The number of carbonyl (C=O) groups excluding carboxylic acids is 2. The molecule has 6 nitrogen and oxygen atoms in total. The zero-order valence-electron chi connectivity index (χ0n) is 23.3. The second-order valence-corrected chi connectivity index (χ2v) is 9.44. The number of hydrogen-bond acceptors (Lipinski definition) is 4. The number of carboxylic acid groups (broad SMARTS) is 2. The van der Waals surface area contributed by atoms with E-state index in [-0.39, 0.29) is 0 Å². The van der Waals surface area contributed by atoms with Crippen LogP contribution in [0.25, 0.3) is 0 Å². The van der Waals surface area contributed by atoms with Gasteiger partial charge in [0, 0.05) is 11.1 Å². The second kappa shape index (κ2) is 18.6. The molecule has 2 aromatic carbocycles. The van der Waals surface area contributed by atoms with Crippen LogP contribution < -0.4 is 21.7 Å². The summed E-state index contributed by atoms with van der Waals surface area (Å²) in [4.78, 5) is 17.9. The minimum absolute atomic E-state index is 0.405. The molecule has 2 rings (SSSR count). The van der Waals surface area contributed by atoms with E-state index in [0.29, 0.717) is 12.1 Å². The number of rotatable bonds is 10. The van der Waals surface area contributed by atoms with Crippen molar-refractivity contribution in [3.8, 4) is 0 Å². The van der Waals surface area contributed by atoms with Crippen molar-refractivity contribution in [2.45, 2.75) is 105 Å². The molecule has 0 aliphatic heterocycles. The third-order valence-corrected chi connectivity index (χ3v) is 5.76. The van der Waals surface area contributed by atoms with Gasteiger partial charge in [0.1, 0.15) is 12.1 Å². The number of hydrogen-bond donors (Lipinski definition) is 2. The van der Waals surface area contributed by atoms with E-state index in [9.17, 15) is 0 Å². The Morgan fingerprint density at radius 2 is 0.944 bits per heavy atom. The van der Waals surface area contributed by atoms with E-state index in [2.05, 4.69) is 89.4 Å². The predicted molar refractivity (Wildman–Crippen MR) is 141 cm³/mol. The Bertz CT molecular complexity index is 848. The van der Waals surface area contributed by atoms with Crippen LogP contribution in [0.2, 0.25) is 0 Å². The standard InChI is InChI=1S/2C14H23N.C2H2O4/c2*1-4-6-12-8-9-14(11(3)15)13(10-12)7-5-2;3-1(4)2(5)6/h2*8-11H,4-7,15H2,1-3H3;(H,3,4)(H,5,6). The van der Waals surface area contributed by atoms with Gasteiger partial charge in [-0.1, -0.05) is 89.8 Å². The van der Waals surface area contributed by atoms with E-state index < -0.39 is 11.9 Å². The summed E-state index contributed by atoms with van der Waals surface area (Å²) in [6, 6.07) is 14.6. The zero-order valence-corrected chi connectivity index (χ0v) is 23.3. The molecule has 0 saturated carbocycles. The van der Waals surface area contributed by atoms with Gasteiger partial charge < -0.3 is 31.3 Å². The summed E-state index contributed by atoms with van der Waals surface area (Å²) in [5.41, 5.74) is 17.1. The first kappa shape index (κ1) is 33.3. The maximum absolute atomic E-state index is 8.93. The van der Waals surface area contributed by atoms with Crippen LogP contribution in [0.15, 0.2) is 36.4 Å². The topological polar surface area (TPSA) is 136 Å². The van der Waals surface area contributed by atoms with Gasteiger partial charge in [-0.25, -0.2) is 0 Å². The maximum Gasteiger partial charge on any atom is 0.107 e. The third kappa shape index (κ3) is 12.8. The maximum atomic E-state index is 8.93. The van der Waals surface area contributed by atoms with Gasteiger partial charge >= 0.3 is 0 Å². The van der Waals surface area contributed by atoms with Crippen LogP contribution >= 0.6 is 0 Å². The number of quaternary nitrogens is 2. The number of carboxylic acids is 2. The zero-order chi connectivity index (χ0) is 27.7. The van der Waals surface area contributed by atoms with E-state index >= 15 is 0 Å². The first-order valence-corrected chi connectivity index (χ1v) is 13.3. The molecule has 2 atom stereocenters. The lowest BCUT2D eigenvalue weighted by atomic mass is 9.95. The summed E-state index contributed by atoms with van der Waals surface area (Å²) in [5, 5.41) is 17.9. The number of carbonyl (C=O) groups is 2. The molecule has 0 radical (unpaired) electrons. The van der Waals surface area contributed by atoms with Crippen molar-refractivity contribution in [2.75, 3.05) is 0 Å². The fourth-order valence-electron chi connectivity index (χ4n) is 4.14. The van der Waals surface area contributed by atoms with Gasteiger partial charge in [0.25, 0.3) is 0 Å². The van der Waals surface area contributed by atoms with E-state index in [0.717, 1.165) is 0 Å². The van der Waals surface area contributed by atoms with Crippen molar-refractivity contribution in [3.05, 3.63) is 69.8 Å². The van der Waals surface area contributed by atoms with Crippen LogP contribution in [0.4, 0.5) is 0 Å². The molecule has 36 heavy (non-hydrogen) atoms. The largest absolute Gasteiger partial charge is 0.543 e. The smallest absolute Gasteiger partial charge is 0.107 e. The molecule has 6 heteroatoms. The number of aliphatic carboxylic acids is 2. The average molecular weight is 501 g/mol. The van der Waals surface area contributed by atoms with Crippen LogP contribution in [0, 0.1) is 0 Å². The van der Waals surface area contributed by atoms with Crippen molar-refractivity contribution >= 4 is 11.9 Å². The van der Waals surface area contributed by atoms with E-state index in [1.807, 2.05) is 0 Å². The summed E-state index contributed by atoms with van der Waals surface area (Å²) >= 11 is 0. The molecule has 202 valence electrons. The van der Waals surface area contributed by atoms with E-state index in [1.54, 1.807) is 0 Å². The molecule has 0 fully saturated rings. The highest BCUT2D eigenvalue weighted by Gasteiger charge is 2.10. The normalized spacial score (nSPS) is 11.9. The third-order valence-electron chi connectivity index (χ3n) is 5.76. The summed E-state index contributed by atoms with van der Waals surface area (Å²) < 4.78 is 0. The first-order chi connectivity index (χ1) is 17.0. The molecule has 0 heterocycles. The summed E-state index contributed by atoms with van der Waals surface area (Å²) in [5.74, 6) is -4.37. The van der Waals surface area contributed by atoms with Crippen LogP contribution in [0.5, 0.6) is 0 Å². The Kier molecular flexibility index (Phi) is 17.2. The Labute approximate surface area is 218 Å². The van der Waals surface area contributed by atoms with Crippen molar-refractivity contribution in [1.82, 2.24) is 0 Å². The van der Waals surface area contributed by atoms with Crippen molar-refractivity contribution < 1.29 is 31.3 Å². The average Bonchev–Trinajstić information content (AvgIpc) is 2.81. The first-order valence-electron chi connectivity index (χ1n) is 13.3. The van der Waals surface area contributed by atoms with Gasteiger partial charge in [0.15, 0.2) is 0 Å². The minimum Gasteiger partial charge on any atom is -0.543 e. The van der Waals surface area contributed by atoms with Gasteiger partial charge in [-0.15, -0.1) is 0 Å². The van der Waals surface area contributed by atoms with Gasteiger partial charge in [-0.2, -0.15) is 0 Å². The van der Waals surface area contributed by atoms with Crippen molar-refractivity contribution in [1.29, 1.82) is 0 Å². The molecule has 0 aromatic heterocycles. The molecule has 2 aromatic rings. The Hall–Kier alpha value is -2.70. The molecule has 2 unspecified atom stereocenters. The molecule has 6 N–H and O–H groups in total. The summed E-state index contributed by atoms with van der Waals surface area (Å²) in [7, 11) is 0. The van der Waals surface area contributed by atoms with Gasteiger partial charge in [-0.3, -0.25) is 0 Å². The minimum atomic E-state index is -2.19. The number of benzene rings is 2. The fourth-order valence-corrected chi connectivity index (χ4v) is 4.14. The Morgan fingerprint density at radius 3 is 1.17 bits per heavy atom. The van der Waals surface area contributed by atoms with Crippen LogP contribution in [0.3, 0.4) is 0 Å². The van der Waals surface area contributed by atoms with Gasteiger partial charge in [0.2, 0.25) is 0 Å². The highest BCUT2D eigenvalue weighted by Crippen LogP contribution is 2.20. The molecule has 0 bridgehead atoms. The second-order valence-electron chi connectivity index (χ2n) is 9.44. The highest BCUT2D eigenvalue weighted by molar-refractivity contribution is 6.25. The lowest BCUT2D eigenvalue weighted by Gasteiger charge is -2.12. The molecular weight excluding hydrogens is 452 g/mol. The van der Waals surface area contributed by atoms with E-state index in [1.165, 1.54) is 84.7 Å². The molecule has 0 amide bonds. The molecule has 0 spiro atoms. The van der Waals surface area contributed by atoms with Crippen LogP contribution in [0.1, 0.15) is 113 Å². The Morgan fingerprint density at radius 1 is 0.639 bits per heavy atom. The molecule has 0 saturated heterocycles. The molecule has 0 aliphatic rings. The number of aryl methyl sites for hydroxylation is 4. The quantitative estimate of drug-likeness (QED) is 0.484. The lowest BCUT2D eigenvalue weighted by molar-refractivity contribution is -0.421.